The third-order valence-corrected chi connectivity index (χ3v) is 2.59. The number of hydrazone groups is 1. The third kappa shape index (κ3) is 2.27. The van der Waals surface area contributed by atoms with E-state index in [4.69, 9.17) is 0 Å². The Morgan fingerprint density at radius 2 is 2.25 bits per heavy atom. The second-order valence-electron chi connectivity index (χ2n) is 3.88. The maximum Gasteiger partial charge on any atom is 0.236 e. The van der Waals surface area contributed by atoms with Gasteiger partial charge in [-0.25, -0.2) is 9.82 Å². The summed E-state index contributed by atoms with van der Waals surface area (Å²) < 4.78 is 13.1. The largest absolute Gasteiger partial charge is 0.274 e. The summed E-state index contributed by atoms with van der Waals surface area (Å²) in [7, 11) is 0. The number of hydrogen-bond acceptors (Lipinski definition) is 2. The highest BCUT2D eigenvalue weighted by Crippen LogP contribution is 2.22. The fraction of sp³-hybridized carbons (Fsp3) is 0.333. The summed E-state index contributed by atoms with van der Waals surface area (Å²) in [6.07, 6.45) is 2.70. The van der Waals surface area contributed by atoms with Crippen molar-refractivity contribution in [1.82, 2.24) is 5.43 Å². The van der Waals surface area contributed by atoms with E-state index in [1.165, 1.54) is 19.1 Å². The van der Waals surface area contributed by atoms with Crippen LogP contribution in [0.5, 0.6) is 0 Å². The minimum atomic E-state index is -0.267. The quantitative estimate of drug-likeness (QED) is 0.722. The number of fused-ring (bicyclic) bond motifs is 1. The fourth-order valence-electron chi connectivity index (χ4n) is 1.88. The molecular formula is C12H13FN2O. The molecule has 0 saturated heterocycles. The van der Waals surface area contributed by atoms with Crippen LogP contribution in [0.2, 0.25) is 0 Å². The Kier molecular flexibility index (Phi) is 2.99. The van der Waals surface area contributed by atoms with E-state index in [9.17, 15) is 9.18 Å². The van der Waals surface area contributed by atoms with E-state index in [0.29, 0.717) is 0 Å². The van der Waals surface area contributed by atoms with Gasteiger partial charge in [0, 0.05) is 12.5 Å². The maximum absolute atomic E-state index is 13.1. The molecule has 0 fully saturated rings. The number of aryl methyl sites for hydroxylation is 1. The summed E-state index contributed by atoms with van der Waals surface area (Å²) in [5.41, 5.74) is 5.08. The highest BCUT2D eigenvalue weighted by Gasteiger charge is 2.16. The van der Waals surface area contributed by atoms with E-state index in [0.717, 1.165) is 36.1 Å². The molecule has 0 atom stereocenters. The van der Waals surface area contributed by atoms with Crippen LogP contribution in [-0.4, -0.2) is 11.6 Å². The molecular weight excluding hydrogens is 207 g/mol. The summed E-state index contributed by atoms with van der Waals surface area (Å²) >= 11 is 0. The predicted octanol–water partition coefficient (Wildman–Crippen LogP) is 2.00. The standard InChI is InChI=1S/C12H13FN2O/c1-8(16)14-15-12-4-2-3-9-5-6-10(13)7-11(9)12/h5-7H,2-4H2,1H3,(H,14,16)/b15-12+. The van der Waals surface area contributed by atoms with Gasteiger partial charge in [-0.1, -0.05) is 6.07 Å². The molecule has 84 valence electrons. The second kappa shape index (κ2) is 4.43. The minimum Gasteiger partial charge on any atom is -0.274 e. The Balaban J connectivity index is 2.35. The van der Waals surface area contributed by atoms with Crippen molar-refractivity contribution < 1.29 is 9.18 Å². The van der Waals surface area contributed by atoms with Crippen molar-refractivity contribution >= 4 is 11.6 Å². The molecule has 0 radical (unpaired) electrons. The maximum atomic E-state index is 13.1. The zero-order valence-corrected chi connectivity index (χ0v) is 9.09. The van der Waals surface area contributed by atoms with Crippen LogP contribution in [0.1, 0.15) is 30.9 Å². The first-order valence-corrected chi connectivity index (χ1v) is 5.29. The number of rotatable bonds is 1. The molecule has 0 unspecified atom stereocenters. The lowest BCUT2D eigenvalue weighted by Crippen LogP contribution is -2.19. The van der Waals surface area contributed by atoms with Gasteiger partial charge in [0.15, 0.2) is 0 Å². The van der Waals surface area contributed by atoms with Crippen LogP contribution in [0.4, 0.5) is 4.39 Å². The van der Waals surface area contributed by atoms with Crippen molar-refractivity contribution in [2.45, 2.75) is 26.2 Å². The molecule has 0 saturated carbocycles. The van der Waals surface area contributed by atoms with Gasteiger partial charge in [0.25, 0.3) is 0 Å². The topological polar surface area (TPSA) is 41.5 Å². The van der Waals surface area contributed by atoms with Crippen molar-refractivity contribution in [2.24, 2.45) is 5.10 Å². The molecule has 1 aliphatic carbocycles. The summed E-state index contributed by atoms with van der Waals surface area (Å²) in [5.74, 6) is -0.479. The first-order valence-electron chi connectivity index (χ1n) is 5.29. The molecule has 4 heteroatoms. The highest BCUT2D eigenvalue weighted by molar-refractivity contribution is 6.03. The van der Waals surface area contributed by atoms with E-state index in [-0.39, 0.29) is 11.7 Å². The Bertz CT molecular complexity index is 454. The Morgan fingerprint density at radius 1 is 1.44 bits per heavy atom. The molecule has 0 aliphatic heterocycles. The monoisotopic (exact) mass is 220 g/mol. The number of carbonyl (C=O) groups excluding carboxylic acids is 1. The van der Waals surface area contributed by atoms with Gasteiger partial charge in [-0.2, -0.15) is 5.10 Å². The average molecular weight is 220 g/mol. The lowest BCUT2D eigenvalue weighted by atomic mass is 9.90. The number of hydrogen-bond donors (Lipinski definition) is 1. The number of amides is 1. The molecule has 0 spiro atoms. The van der Waals surface area contributed by atoms with Crippen LogP contribution < -0.4 is 5.43 Å². The normalized spacial score (nSPS) is 17.0. The lowest BCUT2D eigenvalue weighted by molar-refractivity contribution is -0.118. The molecule has 0 aromatic heterocycles. The summed E-state index contributed by atoms with van der Waals surface area (Å²) in [5, 5.41) is 4.02. The molecule has 1 N–H and O–H groups in total. The third-order valence-electron chi connectivity index (χ3n) is 2.59. The molecule has 1 aliphatic rings. The van der Waals surface area contributed by atoms with Gasteiger partial charge in [-0.05, 0) is 37.0 Å². The molecule has 0 heterocycles. The number of nitrogens with zero attached hydrogens (tertiary/aromatic N) is 1. The van der Waals surface area contributed by atoms with Crippen molar-refractivity contribution in [3.8, 4) is 0 Å². The van der Waals surface area contributed by atoms with Gasteiger partial charge in [0.05, 0.1) is 5.71 Å². The van der Waals surface area contributed by atoms with E-state index in [1.54, 1.807) is 6.07 Å². The van der Waals surface area contributed by atoms with E-state index >= 15 is 0 Å². The van der Waals surface area contributed by atoms with Gasteiger partial charge in [0.1, 0.15) is 5.82 Å². The highest BCUT2D eigenvalue weighted by atomic mass is 19.1. The average Bonchev–Trinajstić information content (AvgIpc) is 2.26. The molecule has 16 heavy (non-hydrogen) atoms. The lowest BCUT2D eigenvalue weighted by Gasteiger charge is -2.17. The van der Waals surface area contributed by atoms with Crippen molar-refractivity contribution in [3.05, 3.63) is 35.1 Å². The number of benzene rings is 1. The summed E-state index contributed by atoms with van der Waals surface area (Å²) in [6.45, 7) is 1.40. The Hall–Kier alpha value is -1.71. The van der Waals surface area contributed by atoms with E-state index < -0.39 is 0 Å². The molecule has 3 nitrogen and oxygen atoms in total. The van der Waals surface area contributed by atoms with Crippen LogP contribution in [0, 0.1) is 5.82 Å². The van der Waals surface area contributed by atoms with Crippen molar-refractivity contribution in [2.75, 3.05) is 0 Å². The number of carbonyl (C=O) groups is 1. The molecule has 0 bridgehead atoms. The van der Waals surface area contributed by atoms with Gasteiger partial charge >= 0.3 is 0 Å². The molecule has 1 amide bonds. The first kappa shape index (κ1) is 10.8. The zero-order chi connectivity index (χ0) is 11.5. The van der Waals surface area contributed by atoms with Crippen molar-refractivity contribution in [1.29, 1.82) is 0 Å². The van der Waals surface area contributed by atoms with Gasteiger partial charge in [-0.3, -0.25) is 4.79 Å². The smallest absolute Gasteiger partial charge is 0.236 e. The SMILES string of the molecule is CC(=O)N/N=C1\CCCc2ccc(F)cc21. The Morgan fingerprint density at radius 3 is 3.00 bits per heavy atom. The molecule has 1 aromatic carbocycles. The predicted molar refractivity (Wildman–Crippen MR) is 59.7 cm³/mol. The second-order valence-corrected chi connectivity index (χ2v) is 3.88. The molecule has 2 rings (SSSR count). The van der Waals surface area contributed by atoms with Crippen LogP contribution in [-0.2, 0) is 11.2 Å². The van der Waals surface area contributed by atoms with E-state index in [2.05, 4.69) is 10.5 Å². The van der Waals surface area contributed by atoms with Crippen LogP contribution in [0.15, 0.2) is 23.3 Å². The number of halogens is 1. The number of nitrogens with one attached hydrogen (secondary N) is 1. The summed E-state index contributed by atoms with van der Waals surface area (Å²) in [4.78, 5) is 10.8. The van der Waals surface area contributed by atoms with Gasteiger partial charge in [0.2, 0.25) is 5.91 Å². The summed E-state index contributed by atoms with van der Waals surface area (Å²) in [6, 6.07) is 4.72. The van der Waals surface area contributed by atoms with Crippen molar-refractivity contribution in [3.63, 3.8) is 0 Å². The van der Waals surface area contributed by atoms with Gasteiger partial charge < -0.3 is 0 Å². The van der Waals surface area contributed by atoms with Crippen LogP contribution in [0.3, 0.4) is 0 Å². The van der Waals surface area contributed by atoms with Crippen LogP contribution in [0.25, 0.3) is 0 Å². The zero-order valence-electron chi connectivity index (χ0n) is 9.09. The fourth-order valence-corrected chi connectivity index (χ4v) is 1.88. The molecule has 1 aromatic rings. The van der Waals surface area contributed by atoms with Gasteiger partial charge in [-0.15, -0.1) is 0 Å². The Labute approximate surface area is 93.4 Å². The van der Waals surface area contributed by atoms with E-state index in [1.807, 2.05) is 0 Å². The minimum absolute atomic E-state index is 0.212. The first-order chi connectivity index (χ1) is 7.66. The van der Waals surface area contributed by atoms with Crippen LogP contribution >= 0.6 is 0 Å².